The van der Waals surface area contributed by atoms with Crippen LogP contribution in [0.25, 0.3) is 0 Å². The van der Waals surface area contributed by atoms with E-state index in [4.69, 9.17) is 11.6 Å². The summed E-state index contributed by atoms with van der Waals surface area (Å²) >= 11 is 7.29. The largest absolute Gasteiger partial charge is 0.349 e. The van der Waals surface area contributed by atoms with Crippen LogP contribution in [0.15, 0.2) is 52.3 Å². The number of nitrogens with one attached hydrogen (secondary N) is 1. The Kier molecular flexibility index (Phi) is 5.60. The summed E-state index contributed by atoms with van der Waals surface area (Å²) in [4.78, 5) is 24.9. The van der Waals surface area contributed by atoms with Crippen molar-refractivity contribution in [2.75, 3.05) is 0 Å². The van der Waals surface area contributed by atoms with E-state index < -0.39 is 4.92 Å². The lowest BCUT2D eigenvalue weighted by atomic mass is 10.1. The molecule has 1 fully saturated rings. The Morgan fingerprint density at radius 1 is 1.16 bits per heavy atom. The Morgan fingerprint density at radius 3 is 2.48 bits per heavy atom. The van der Waals surface area contributed by atoms with Gasteiger partial charge in [-0.3, -0.25) is 14.9 Å². The van der Waals surface area contributed by atoms with Gasteiger partial charge in [-0.25, -0.2) is 0 Å². The molecule has 0 spiro atoms. The Morgan fingerprint density at radius 2 is 1.84 bits per heavy atom. The van der Waals surface area contributed by atoms with Gasteiger partial charge in [-0.1, -0.05) is 36.2 Å². The summed E-state index contributed by atoms with van der Waals surface area (Å²) in [6.45, 7) is 0. The molecule has 5 nitrogen and oxygen atoms in total. The molecule has 0 aliphatic heterocycles. The van der Waals surface area contributed by atoms with Gasteiger partial charge in [0, 0.05) is 33.0 Å². The summed E-state index contributed by atoms with van der Waals surface area (Å²) in [6, 6.07) is 11.8. The quantitative estimate of drug-likeness (QED) is 0.584. The second-order valence-electron chi connectivity index (χ2n) is 5.95. The normalized spacial score (nSPS) is 14.4. The number of non-ortho nitro benzene ring substituents is 1. The summed E-state index contributed by atoms with van der Waals surface area (Å²) < 4.78 is 0. The number of hydrogen-bond acceptors (Lipinski definition) is 4. The number of amides is 1. The van der Waals surface area contributed by atoms with Crippen molar-refractivity contribution in [1.29, 1.82) is 0 Å². The topological polar surface area (TPSA) is 72.2 Å². The van der Waals surface area contributed by atoms with Crippen LogP contribution < -0.4 is 5.32 Å². The highest BCUT2D eigenvalue weighted by molar-refractivity contribution is 7.99. The van der Waals surface area contributed by atoms with Crippen molar-refractivity contribution < 1.29 is 9.72 Å². The Labute approximate surface area is 154 Å². The summed E-state index contributed by atoms with van der Waals surface area (Å²) in [5.74, 6) is -0.257. The molecule has 7 heteroatoms. The van der Waals surface area contributed by atoms with Crippen LogP contribution in [0.2, 0.25) is 5.02 Å². The number of nitro groups is 1. The number of nitrogens with zero attached hydrogens (tertiary/aromatic N) is 1. The highest BCUT2D eigenvalue weighted by atomic mass is 35.5. The predicted octanol–water partition coefficient (Wildman–Crippen LogP) is 5.07. The minimum atomic E-state index is -0.483. The molecule has 130 valence electrons. The van der Waals surface area contributed by atoms with E-state index in [1.807, 2.05) is 12.1 Å². The first-order valence-electron chi connectivity index (χ1n) is 8.05. The third-order valence-corrected chi connectivity index (χ3v) is 5.49. The van der Waals surface area contributed by atoms with Crippen molar-refractivity contribution in [3.8, 4) is 0 Å². The van der Waals surface area contributed by atoms with Crippen LogP contribution in [0.3, 0.4) is 0 Å². The second kappa shape index (κ2) is 7.89. The maximum atomic E-state index is 12.7. The minimum Gasteiger partial charge on any atom is -0.349 e. The zero-order chi connectivity index (χ0) is 17.8. The standard InChI is InChI=1S/C18H17ClN2O3S/c19-12-5-8-15(9-6-12)25-17-10-7-14(21(23)24)11-16(17)18(22)20-13-3-1-2-4-13/h5-11,13H,1-4H2,(H,20,22). The highest BCUT2D eigenvalue weighted by Gasteiger charge is 2.22. The third-order valence-electron chi connectivity index (χ3n) is 4.15. The third kappa shape index (κ3) is 4.52. The second-order valence-corrected chi connectivity index (χ2v) is 7.50. The average molecular weight is 377 g/mol. The van der Waals surface area contributed by atoms with Crippen LogP contribution in [-0.4, -0.2) is 16.9 Å². The first-order valence-corrected chi connectivity index (χ1v) is 9.25. The van der Waals surface area contributed by atoms with E-state index in [1.165, 1.54) is 23.9 Å². The lowest BCUT2D eigenvalue weighted by Crippen LogP contribution is -2.32. The maximum Gasteiger partial charge on any atom is 0.270 e. The van der Waals surface area contributed by atoms with Gasteiger partial charge in [0.25, 0.3) is 11.6 Å². The average Bonchev–Trinajstić information content (AvgIpc) is 3.10. The predicted molar refractivity (Wildman–Crippen MR) is 98.4 cm³/mol. The molecule has 1 aliphatic rings. The van der Waals surface area contributed by atoms with E-state index in [9.17, 15) is 14.9 Å². The van der Waals surface area contributed by atoms with Crippen molar-refractivity contribution >= 4 is 35.0 Å². The van der Waals surface area contributed by atoms with Gasteiger partial charge in [0.2, 0.25) is 0 Å². The van der Waals surface area contributed by atoms with Gasteiger partial charge in [0.15, 0.2) is 0 Å². The van der Waals surface area contributed by atoms with Crippen molar-refractivity contribution in [3.63, 3.8) is 0 Å². The molecule has 0 radical (unpaired) electrons. The van der Waals surface area contributed by atoms with E-state index in [2.05, 4.69) is 5.32 Å². The molecule has 0 atom stereocenters. The van der Waals surface area contributed by atoms with Crippen LogP contribution >= 0.6 is 23.4 Å². The molecule has 2 aromatic rings. The number of benzene rings is 2. The zero-order valence-corrected chi connectivity index (χ0v) is 15.0. The monoisotopic (exact) mass is 376 g/mol. The number of rotatable bonds is 5. The minimum absolute atomic E-state index is 0.0861. The van der Waals surface area contributed by atoms with Crippen molar-refractivity contribution in [2.24, 2.45) is 0 Å². The first kappa shape index (κ1) is 17.8. The van der Waals surface area contributed by atoms with Gasteiger partial charge in [-0.05, 0) is 43.2 Å². The number of hydrogen-bond donors (Lipinski definition) is 1. The molecule has 1 N–H and O–H groups in total. The van der Waals surface area contributed by atoms with Crippen molar-refractivity contribution in [2.45, 2.75) is 41.5 Å². The van der Waals surface area contributed by atoms with E-state index in [-0.39, 0.29) is 17.6 Å². The Bertz CT molecular complexity index is 789. The molecular formula is C18H17ClN2O3S. The molecule has 1 aliphatic carbocycles. The molecule has 25 heavy (non-hydrogen) atoms. The van der Waals surface area contributed by atoms with Crippen molar-refractivity contribution in [3.05, 3.63) is 63.2 Å². The van der Waals surface area contributed by atoms with E-state index >= 15 is 0 Å². The van der Waals surface area contributed by atoms with E-state index in [0.717, 1.165) is 30.6 Å². The Balaban J connectivity index is 1.88. The molecule has 3 rings (SSSR count). The molecule has 1 amide bonds. The van der Waals surface area contributed by atoms with Gasteiger partial charge < -0.3 is 5.32 Å². The number of carbonyl (C=O) groups is 1. The van der Waals surface area contributed by atoms with Crippen LogP contribution in [-0.2, 0) is 0 Å². The van der Waals surface area contributed by atoms with Gasteiger partial charge in [-0.2, -0.15) is 0 Å². The smallest absolute Gasteiger partial charge is 0.270 e. The first-order chi connectivity index (χ1) is 12.0. The maximum absolute atomic E-state index is 12.7. The lowest BCUT2D eigenvalue weighted by molar-refractivity contribution is -0.384. The SMILES string of the molecule is O=C(NC1CCCC1)c1cc([N+](=O)[O-])ccc1Sc1ccc(Cl)cc1. The van der Waals surface area contributed by atoms with Crippen LogP contribution in [0.5, 0.6) is 0 Å². The number of nitro benzene ring substituents is 1. The number of halogens is 1. The fourth-order valence-corrected chi connectivity index (χ4v) is 3.91. The molecule has 0 heterocycles. The van der Waals surface area contributed by atoms with E-state index in [0.29, 0.717) is 15.5 Å². The molecular weight excluding hydrogens is 360 g/mol. The molecule has 0 saturated heterocycles. The van der Waals surface area contributed by atoms with Crippen LogP contribution in [0.1, 0.15) is 36.0 Å². The van der Waals surface area contributed by atoms with Gasteiger partial charge in [-0.15, -0.1) is 0 Å². The lowest BCUT2D eigenvalue weighted by Gasteiger charge is -2.14. The van der Waals surface area contributed by atoms with Gasteiger partial charge in [0.1, 0.15) is 0 Å². The zero-order valence-electron chi connectivity index (χ0n) is 13.4. The fourth-order valence-electron chi connectivity index (χ4n) is 2.86. The molecule has 0 aromatic heterocycles. The number of carbonyl (C=O) groups excluding carboxylic acids is 1. The molecule has 0 bridgehead atoms. The Hall–Kier alpha value is -2.05. The summed E-state index contributed by atoms with van der Waals surface area (Å²) in [6.07, 6.45) is 4.12. The fraction of sp³-hybridized carbons (Fsp3) is 0.278. The molecule has 2 aromatic carbocycles. The summed E-state index contributed by atoms with van der Waals surface area (Å²) in [5, 5.41) is 14.7. The summed E-state index contributed by atoms with van der Waals surface area (Å²) in [7, 11) is 0. The van der Waals surface area contributed by atoms with Gasteiger partial charge in [0.05, 0.1) is 10.5 Å². The van der Waals surface area contributed by atoms with E-state index in [1.54, 1.807) is 18.2 Å². The highest BCUT2D eigenvalue weighted by Crippen LogP contribution is 2.33. The van der Waals surface area contributed by atoms with Gasteiger partial charge >= 0.3 is 0 Å². The molecule has 0 unspecified atom stereocenters. The molecule has 1 saturated carbocycles. The van der Waals surface area contributed by atoms with Crippen LogP contribution in [0.4, 0.5) is 5.69 Å². The van der Waals surface area contributed by atoms with Crippen LogP contribution in [0, 0.1) is 10.1 Å². The summed E-state index contributed by atoms with van der Waals surface area (Å²) in [5.41, 5.74) is 0.248. The van der Waals surface area contributed by atoms with Crippen molar-refractivity contribution in [1.82, 2.24) is 5.32 Å².